The van der Waals surface area contributed by atoms with Gasteiger partial charge >= 0.3 is 0 Å². The van der Waals surface area contributed by atoms with Crippen LogP contribution in [0.5, 0.6) is 5.75 Å². The molecule has 3 heteroatoms. The van der Waals surface area contributed by atoms with Crippen LogP contribution in [-0.4, -0.2) is 6.61 Å². The Labute approximate surface area is 79.9 Å². The Balaban J connectivity index is 2.84. The van der Waals surface area contributed by atoms with Crippen LogP contribution in [0.3, 0.4) is 0 Å². The van der Waals surface area contributed by atoms with Gasteiger partial charge in [-0.1, -0.05) is 22.0 Å². The van der Waals surface area contributed by atoms with Gasteiger partial charge in [0.15, 0.2) is 6.61 Å². The summed E-state index contributed by atoms with van der Waals surface area (Å²) in [6.45, 7) is 2.04. The summed E-state index contributed by atoms with van der Waals surface area (Å²) in [6, 6.07) is 7.66. The molecule has 62 valence electrons. The number of aryl methyl sites for hydroxylation is 1. The van der Waals surface area contributed by atoms with Crippen molar-refractivity contribution < 1.29 is 4.74 Å². The second-order valence-electron chi connectivity index (χ2n) is 2.36. The molecule has 2 nitrogen and oxygen atoms in total. The van der Waals surface area contributed by atoms with Crippen molar-refractivity contribution in [3.05, 3.63) is 28.2 Å². The van der Waals surface area contributed by atoms with Gasteiger partial charge in [-0.3, -0.25) is 0 Å². The monoisotopic (exact) mass is 225 g/mol. The summed E-state index contributed by atoms with van der Waals surface area (Å²) in [5.74, 6) is 0.755. The van der Waals surface area contributed by atoms with Gasteiger partial charge in [0.2, 0.25) is 0 Å². The van der Waals surface area contributed by atoms with E-state index in [9.17, 15) is 0 Å². The molecule has 0 bridgehead atoms. The Kier molecular flexibility index (Phi) is 3.12. The van der Waals surface area contributed by atoms with Crippen molar-refractivity contribution in [2.45, 2.75) is 6.92 Å². The van der Waals surface area contributed by atoms with Crippen LogP contribution < -0.4 is 4.74 Å². The molecule has 0 spiro atoms. The molecule has 0 fully saturated rings. The first-order valence-corrected chi connectivity index (χ1v) is 4.29. The summed E-state index contributed by atoms with van der Waals surface area (Å²) in [4.78, 5) is 0. The zero-order valence-electron chi connectivity index (χ0n) is 6.67. The van der Waals surface area contributed by atoms with Crippen LogP contribution in [-0.2, 0) is 0 Å². The standard InChI is InChI=1S/C9H8BrNO/c1-7-2-3-8(10)6-9(7)12-5-4-11/h2-3,6H,5H2,1H3. The zero-order valence-corrected chi connectivity index (χ0v) is 8.26. The van der Waals surface area contributed by atoms with Crippen LogP contribution in [0, 0.1) is 18.3 Å². The van der Waals surface area contributed by atoms with Gasteiger partial charge < -0.3 is 4.74 Å². The molecule has 1 rings (SSSR count). The van der Waals surface area contributed by atoms with E-state index in [4.69, 9.17) is 10.00 Å². The minimum Gasteiger partial charge on any atom is -0.478 e. The lowest BCUT2D eigenvalue weighted by Gasteiger charge is -2.05. The normalized spacial score (nSPS) is 9.08. The SMILES string of the molecule is Cc1ccc(Br)cc1OCC#N. The third-order valence-electron chi connectivity index (χ3n) is 1.44. The molecule has 0 N–H and O–H groups in total. The van der Waals surface area contributed by atoms with E-state index in [1.807, 2.05) is 31.2 Å². The molecule has 0 aliphatic heterocycles. The summed E-state index contributed by atoms with van der Waals surface area (Å²) in [6.07, 6.45) is 0. The second-order valence-corrected chi connectivity index (χ2v) is 3.27. The Morgan fingerprint density at radius 1 is 1.58 bits per heavy atom. The van der Waals surface area contributed by atoms with Crippen LogP contribution in [0.25, 0.3) is 0 Å². The van der Waals surface area contributed by atoms with Gasteiger partial charge in [0, 0.05) is 4.47 Å². The minimum absolute atomic E-state index is 0.0945. The summed E-state index contributed by atoms with van der Waals surface area (Å²) in [7, 11) is 0. The summed E-state index contributed by atoms with van der Waals surface area (Å²) >= 11 is 3.33. The third-order valence-corrected chi connectivity index (χ3v) is 1.94. The van der Waals surface area contributed by atoms with Crippen LogP contribution in [0.1, 0.15) is 5.56 Å². The highest BCUT2D eigenvalue weighted by molar-refractivity contribution is 9.10. The molecule has 0 aliphatic rings. The van der Waals surface area contributed by atoms with Crippen molar-refractivity contribution in [2.75, 3.05) is 6.61 Å². The molecule has 0 heterocycles. The van der Waals surface area contributed by atoms with Gasteiger partial charge in [0.1, 0.15) is 11.8 Å². The first kappa shape index (κ1) is 9.08. The highest BCUT2D eigenvalue weighted by Gasteiger charge is 1.98. The van der Waals surface area contributed by atoms with E-state index >= 15 is 0 Å². The minimum atomic E-state index is 0.0945. The largest absolute Gasteiger partial charge is 0.478 e. The predicted molar refractivity (Wildman–Crippen MR) is 50.0 cm³/mol. The highest BCUT2D eigenvalue weighted by atomic mass is 79.9. The van der Waals surface area contributed by atoms with Crippen LogP contribution in [0.2, 0.25) is 0 Å². The van der Waals surface area contributed by atoms with Crippen molar-refractivity contribution in [1.29, 1.82) is 5.26 Å². The molecule has 1 aromatic carbocycles. The Bertz CT molecular complexity index is 317. The van der Waals surface area contributed by atoms with Gasteiger partial charge in [-0.05, 0) is 24.6 Å². The lowest BCUT2D eigenvalue weighted by molar-refractivity contribution is 0.365. The smallest absolute Gasteiger partial charge is 0.174 e. The number of halogens is 1. The first-order valence-electron chi connectivity index (χ1n) is 3.50. The van der Waals surface area contributed by atoms with Crippen molar-refractivity contribution in [2.24, 2.45) is 0 Å². The highest BCUT2D eigenvalue weighted by Crippen LogP contribution is 2.22. The quantitative estimate of drug-likeness (QED) is 0.776. The average molecular weight is 226 g/mol. The second kappa shape index (κ2) is 4.13. The lowest BCUT2D eigenvalue weighted by atomic mass is 10.2. The van der Waals surface area contributed by atoms with Gasteiger partial charge in [-0.2, -0.15) is 5.26 Å². The van der Waals surface area contributed by atoms with Crippen LogP contribution in [0.15, 0.2) is 22.7 Å². The molecular formula is C9H8BrNO. The molecule has 0 aromatic heterocycles. The maximum absolute atomic E-state index is 8.30. The van der Waals surface area contributed by atoms with Gasteiger partial charge in [0.25, 0.3) is 0 Å². The Morgan fingerprint density at radius 2 is 2.33 bits per heavy atom. The first-order chi connectivity index (χ1) is 5.74. The van der Waals surface area contributed by atoms with E-state index < -0.39 is 0 Å². The molecular weight excluding hydrogens is 218 g/mol. The van der Waals surface area contributed by atoms with Crippen LogP contribution in [0.4, 0.5) is 0 Å². The van der Waals surface area contributed by atoms with E-state index in [-0.39, 0.29) is 6.61 Å². The molecule has 0 unspecified atom stereocenters. The fourth-order valence-electron chi connectivity index (χ4n) is 0.839. The molecule has 0 radical (unpaired) electrons. The zero-order chi connectivity index (χ0) is 8.97. The van der Waals surface area contributed by atoms with Gasteiger partial charge in [-0.25, -0.2) is 0 Å². The molecule has 0 saturated heterocycles. The molecule has 12 heavy (non-hydrogen) atoms. The summed E-state index contributed by atoms with van der Waals surface area (Å²) in [5, 5.41) is 8.30. The summed E-state index contributed by atoms with van der Waals surface area (Å²) < 4.78 is 6.13. The third kappa shape index (κ3) is 2.24. The number of hydrogen-bond donors (Lipinski definition) is 0. The van der Waals surface area contributed by atoms with Gasteiger partial charge in [0.05, 0.1) is 0 Å². The molecule has 0 aliphatic carbocycles. The number of benzene rings is 1. The molecule has 0 saturated carbocycles. The van der Waals surface area contributed by atoms with E-state index in [2.05, 4.69) is 15.9 Å². The van der Waals surface area contributed by atoms with Crippen molar-refractivity contribution in [3.63, 3.8) is 0 Å². The fourth-order valence-corrected chi connectivity index (χ4v) is 1.18. The average Bonchev–Trinajstić information content (AvgIpc) is 2.07. The number of hydrogen-bond acceptors (Lipinski definition) is 2. The number of nitriles is 1. The molecule has 1 aromatic rings. The van der Waals surface area contributed by atoms with Crippen molar-refractivity contribution in [3.8, 4) is 11.8 Å². The van der Waals surface area contributed by atoms with E-state index in [1.54, 1.807) is 0 Å². The van der Waals surface area contributed by atoms with Crippen LogP contribution >= 0.6 is 15.9 Å². The lowest BCUT2D eigenvalue weighted by Crippen LogP contribution is -1.95. The Hall–Kier alpha value is -1.01. The fraction of sp³-hybridized carbons (Fsp3) is 0.222. The number of rotatable bonds is 2. The maximum Gasteiger partial charge on any atom is 0.174 e. The van der Waals surface area contributed by atoms with Gasteiger partial charge in [-0.15, -0.1) is 0 Å². The Morgan fingerprint density at radius 3 is 3.00 bits per heavy atom. The van der Waals surface area contributed by atoms with Crippen molar-refractivity contribution >= 4 is 15.9 Å². The maximum atomic E-state index is 8.30. The summed E-state index contributed by atoms with van der Waals surface area (Å²) in [5.41, 5.74) is 1.04. The predicted octanol–water partition coefficient (Wildman–Crippen LogP) is 2.66. The van der Waals surface area contributed by atoms with E-state index in [1.165, 1.54) is 0 Å². The number of nitrogens with zero attached hydrogens (tertiary/aromatic N) is 1. The number of ether oxygens (including phenoxy) is 1. The van der Waals surface area contributed by atoms with Crippen molar-refractivity contribution in [1.82, 2.24) is 0 Å². The molecule has 0 amide bonds. The van der Waals surface area contributed by atoms with E-state index in [0.717, 1.165) is 15.8 Å². The topological polar surface area (TPSA) is 33.0 Å². The molecule has 0 atom stereocenters. The van der Waals surface area contributed by atoms with E-state index in [0.29, 0.717) is 0 Å².